The topological polar surface area (TPSA) is 139 Å². The van der Waals surface area contributed by atoms with Gasteiger partial charge in [-0.15, -0.1) is 0 Å². The molecule has 0 aromatic heterocycles. The van der Waals surface area contributed by atoms with E-state index < -0.39 is 25.5 Å². The number of nitrogens with zero attached hydrogens (tertiary/aromatic N) is 2. The third-order valence-corrected chi connectivity index (χ3v) is 5.18. The molecule has 116 valence electrons. The minimum Gasteiger partial charge on any atom is -0.395 e. The number of nitrogens with two attached hydrogens (primary N) is 1. The number of nitrogen functional groups attached to an aromatic ring is 1. The Morgan fingerprint density at radius 1 is 1.48 bits per heavy atom. The zero-order chi connectivity index (χ0) is 15.6. The van der Waals surface area contributed by atoms with E-state index in [0.717, 1.165) is 16.4 Å². The maximum atomic E-state index is 12.6. The van der Waals surface area contributed by atoms with Crippen LogP contribution in [0, 0.1) is 10.1 Å². The summed E-state index contributed by atoms with van der Waals surface area (Å²) in [6.45, 7) is -0.424. The van der Waals surface area contributed by atoms with Gasteiger partial charge in [0.1, 0.15) is 0 Å². The predicted octanol–water partition coefficient (Wildman–Crippen LogP) is 0.0258. The van der Waals surface area contributed by atoms with Gasteiger partial charge in [0.05, 0.1) is 17.2 Å². The molecule has 0 amide bonds. The van der Waals surface area contributed by atoms with Crippen LogP contribution >= 0.6 is 0 Å². The Morgan fingerprint density at radius 2 is 2.14 bits per heavy atom. The van der Waals surface area contributed by atoms with Gasteiger partial charge in [0.25, 0.3) is 5.69 Å². The van der Waals surface area contributed by atoms with E-state index in [1.54, 1.807) is 0 Å². The van der Waals surface area contributed by atoms with Gasteiger partial charge in [-0.25, -0.2) is 8.42 Å². The molecular weight excluding hydrogens is 300 g/mol. The summed E-state index contributed by atoms with van der Waals surface area (Å²) in [7, 11) is -4.04. The minimum absolute atomic E-state index is 0.0823. The number of sulfonamides is 1. The highest BCUT2D eigenvalue weighted by Crippen LogP contribution is 2.35. The Bertz CT molecular complexity index is 644. The number of aliphatic hydroxyl groups excluding tert-OH is 1. The van der Waals surface area contributed by atoms with Gasteiger partial charge in [-0.1, -0.05) is 0 Å². The largest absolute Gasteiger partial charge is 0.395 e. The third-order valence-electron chi connectivity index (χ3n) is 3.18. The second-order valence-corrected chi connectivity index (χ2v) is 6.51. The monoisotopic (exact) mass is 316 g/mol. The average Bonchev–Trinajstić information content (AvgIpc) is 3.28. The van der Waals surface area contributed by atoms with Crippen molar-refractivity contribution in [3.05, 3.63) is 28.3 Å². The zero-order valence-corrected chi connectivity index (χ0v) is 11.9. The molecular formula is C11H16N4O5S. The normalized spacial score (nSPS) is 15.2. The van der Waals surface area contributed by atoms with Gasteiger partial charge >= 0.3 is 0 Å². The molecule has 1 fully saturated rings. The molecule has 0 bridgehead atoms. The lowest BCUT2D eigenvalue weighted by molar-refractivity contribution is -0.387. The number of hydrogen-bond acceptors (Lipinski definition) is 7. The van der Waals surface area contributed by atoms with Crippen LogP contribution in [0.25, 0.3) is 0 Å². The van der Waals surface area contributed by atoms with Crippen LogP contribution in [0.1, 0.15) is 12.8 Å². The standard InChI is InChI=1S/C11H16N4O5S/c12-13-8-1-4-11(10(7-8)15(17)18)21(19,20)14(5-6-16)9-2-3-9/h1,4,7,9,13,16H,2-3,5-6,12H2. The van der Waals surface area contributed by atoms with Crippen LogP contribution in [-0.2, 0) is 10.0 Å². The number of nitro benzene ring substituents is 1. The fraction of sp³-hybridized carbons (Fsp3) is 0.455. The van der Waals surface area contributed by atoms with E-state index in [4.69, 9.17) is 10.9 Å². The molecule has 0 atom stereocenters. The van der Waals surface area contributed by atoms with Gasteiger partial charge in [0, 0.05) is 18.7 Å². The highest BCUT2D eigenvalue weighted by atomic mass is 32.2. The van der Waals surface area contributed by atoms with Crippen molar-refractivity contribution >= 4 is 21.4 Å². The molecule has 0 unspecified atom stereocenters. The zero-order valence-electron chi connectivity index (χ0n) is 11.1. The molecule has 0 saturated heterocycles. The summed E-state index contributed by atoms with van der Waals surface area (Å²) in [6.07, 6.45) is 1.38. The molecule has 0 aliphatic heterocycles. The fourth-order valence-corrected chi connectivity index (χ4v) is 3.87. The van der Waals surface area contributed by atoms with Crippen molar-refractivity contribution in [2.45, 2.75) is 23.8 Å². The number of hydrogen-bond donors (Lipinski definition) is 3. The third kappa shape index (κ3) is 3.13. The molecule has 1 aromatic rings. The number of nitrogens with one attached hydrogen (secondary N) is 1. The van der Waals surface area contributed by atoms with Crippen LogP contribution in [0.5, 0.6) is 0 Å². The first-order valence-electron chi connectivity index (χ1n) is 6.29. The minimum atomic E-state index is -4.04. The summed E-state index contributed by atoms with van der Waals surface area (Å²) in [6, 6.07) is 3.37. The van der Waals surface area contributed by atoms with Crippen molar-refractivity contribution in [2.75, 3.05) is 18.6 Å². The van der Waals surface area contributed by atoms with E-state index in [2.05, 4.69) is 5.43 Å². The Labute approximate surface area is 121 Å². The molecule has 0 radical (unpaired) electrons. The van der Waals surface area contributed by atoms with E-state index in [0.29, 0.717) is 12.8 Å². The number of anilines is 1. The van der Waals surface area contributed by atoms with E-state index in [-0.39, 0.29) is 24.9 Å². The maximum absolute atomic E-state index is 12.6. The van der Waals surface area contributed by atoms with Crippen LogP contribution in [0.2, 0.25) is 0 Å². The lowest BCUT2D eigenvalue weighted by Gasteiger charge is -2.20. The summed E-state index contributed by atoms with van der Waals surface area (Å²) in [4.78, 5) is 9.94. The first kappa shape index (κ1) is 15.6. The van der Waals surface area contributed by atoms with Crippen LogP contribution in [0.3, 0.4) is 0 Å². The second-order valence-electron chi connectivity index (χ2n) is 4.65. The lowest BCUT2D eigenvalue weighted by Crippen LogP contribution is -2.35. The molecule has 1 aliphatic rings. The summed E-state index contributed by atoms with van der Waals surface area (Å²) in [5.74, 6) is 5.18. The maximum Gasteiger partial charge on any atom is 0.291 e. The lowest BCUT2D eigenvalue weighted by atomic mass is 10.3. The predicted molar refractivity (Wildman–Crippen MR) is 74.9 cm³/mol. The molecule has 2 rings (SSSR count). The van der Waals surface area contributed by atoms with Gasteiger partial charge in [0.15, 0.2) is 4.90 Å². The van der Waals surface area contributed by atoms with Crippen LogP contribution in [0.15, 0.2) is 23.1 Å². The molecule has 1 aliphatic carbocycles. The molecule has 1 aromatic carbocycles. The van der Waals surface area contributed by atoms with E-state index in [1.807, 2.05) is 0 Å². The number of hydrazine groups is 1. The number of aliphatic hydroxyl groups is 1. The first-order chi connectivity index (χ1) is 9.91. The summed E-state index contributed by atoms with van der Waals surface area (Å²) in [5, 5.41) is 20.1. The van der Waals surface area contributed by atoms with Gasteiger partial charge in [-0.2, -0.15) is 4.31 Å². The summed E-state index contributed by atoms with van der Waals surface area (Å²) in [5.41, 5.74) is 1.93. The van der Waals surface area contributed by atoms with Gasteiger partial charge in [0.2, 0.25) is 10.0 Å². The SMILES string of the molecule is NNc1ccc(S(=O)(=O)N(CCO)C2CC2)c([N+](=O)[O-])c1. The Balaban J connectivity index is 2.50. The highest BCUT2D eigenvalue weighted by Gasteiger charge is 2.40. The molecule has 10 heteroatoms. The molecule has 9 nitrogen and oxygen atoms in total. The first-order valence-corrected chi connectivity index (χ1v) is 7.73. The second kappa shape index (κ2) is 5.93. The van der Waals surface area contributed by atoms with E-state index in [9.17, 15) is 18.5 Å². The number of benzene rings is 1. The van der Waals surface area contributed by atoms with Gasteiger partial charge < -0.3 is 10.5 Å². The quantitative estimate of drug-likeness (QED) is 0.366. The molecule has 1 saturated carbocycles. The van der Waals surface area contributed by atoms with Crippen LogP contribution in [0.4, 0.5) is 11.4 Å². The van der Waals surface area contributed by atoms with E-state index >= 15 is 0 Å². The van der Waals surface area contributed by atoms with Crippen molar-refractivity contribution in [2.24, 2.45) is 5.84 Å². The Hall–Kier alpha value is -1.75. The van der Waals surface area contributed by atoms with Crippen molar-refractivity contribution in [1.29, 1.82) is 0 Å². The van der Waals surface area contributed by atoms with Crippen molar-refractivity contribution in [3.8, 4) is 0 Å². The molecule has 4 N–H and O–H groups in total. The van der Waals surface area contributed by atoms with Crippen molar-refractivity contribution < 1.29 is 18.4 Å². The smallest absolute Gasteiger partial charge is 0.291 e. The fourth-order valence-electron chi connectivity index (χ4n) is 2.05. The highest BCUT2D eigenvalue weighted by molar-refractivity contribution is 7.89. The Morgan fingerprint density at radius 3 is 2.62 bits per heavy atom. The molecule has 0 spiro atoms. The number of rotatable bonds is 7. The van der Waals surface area contributed by atoms with Gasteiger partial charge in [-0.3, -0.25) is 16.0 Å². The molecule has 0 heterocycles. The van der Waals surface area contributed by atoms with E-state index in [1.165, 1.54) is 6.07 Å². The van der Waals surface area contributed by atoms with Gasteiger partial charge in [-0.05, 0) is 25.0 Å². The van der Waals surface area contributed by atoms with Crippen LogP contribution in [-0.4, -0.2) is 41.9 Å². The van der Waals surface area contributed by atoms with Crippen LogP contribution < -0.4 is 11.3 Å². The van der Waals surface area contributed by atoms with Crippen molar-refractivity contribution in [3.63, 3.8) is 0 Å². The van der Waals surface area contributed by atoms with Crippen molar-refractivity contribution in [1.82, 2.24) is 4.31 Å². The molecule has 21 heavy (non-hydrogen) atoms. The summed E-state index contributed by atoms with van der Waals surface area (Å²) < 4.78 is 26.3. The Kier molecular flexibility index (Phi) is 4.42. The average molecular weight is 316 g/mol. The number of nitro groups is 1. The summed E-state index contributed by atoms with van der Waals surface area (Å²) >= 11 is 0.